The number of carbonyl (C=O) groups is 1. The predicted octanol–water partition coefficient (Wildman–Crippen LogP) is 2.53. The van der Waals surface area contributed by atoms with Gasteiger partial charge in [-0.15, -0.1) is 0 Å². The molecule has 0 unspecified atom stereocenters. The van der Waals surface area contributed by atoms with Gasteiger partial charge in [-0.05, 0) is 44.5 Å². The molecule has 7 nitrogen and oxygen atoms in total. The van der Waals surface area contributed by atoms with Crippen LogP contribution in [0.4, 0.5) is 0 Å². The summed E-state index contributed by atoms with van der Waals surface area (Å²) in [6, 6.07) is 4.72. The first-order valence-electron chi connectivity index (χ1n) is 7.79. The molecule has 0 atom stereocenters. The highest BCUT2D eigenvalue weighted by Crippen LogP contribution is 2.30. The van der Waals surface area contributed by atoms with E-state index in [-0.39, 0.29) is 22.1 Å². The fourth-order valence-corrected chi connectivity index (χ4v) is 4.63. The van der Waals surface area contributed by atoms with E-state index in [4.69, 9.17) is 4.74 Å². The molecule has 0 aliphatic heterocycles. The molecule has 1 aromatic carbocycles. The third-order valence-electron chi connectivity index (χ3n) is 4.29. The van der Waals surface area contributed by atoms with Crippen molar-refractivity contribution in [1.82, 2.24) is 14.8 Å². The third-order valence-corrected chi connectivity index (χ3v) is 6.30. The Morgan fingerprint density at radius 3 is 2.64 bits per heavy atom. The van der Waals surface area contributed by atoms with Crippen LogP contribution in [0.1, 0.15) is 28.7 Å². The number of hydrogen-bond acceptors (Lipinski definition) is 5. The van der Waals surface area contributed by atoms with Crippen LogP contribution in [0.2, 0.25) is 0 Å². The van der Waals surface area contributed by atoms with Crippen molar-refractivity contribution in [2.24, 2.45) is 7.05 Å². The SMILES string of the molecule is CCOC(=O)c1cc(S(=O)(=O)c2cc3cn[nH]c3cc2C)c(C)n1C. The van der Waals surface area contributed by atoms with Crippen molar-refractivity contribution in [2.45, 2.75) is 30.6 Å². The van der Waals surface area contributed by atoms with Gasteiger partial charge in [0.1, 0.15) is 5.69 Å². The first kappa shape index (κ1) is 17.2. The average Bonchev–Trinajstić information content (AvgIpc) is 3.12. The maximum Gasteiger partial charge on any atom is 0.354 e. The highest BCUT2D eigenvalue weighted by Gasteiger charge is 2.28. The molecule has 2 aromatic heterocycles. The maximum absolute atomic E-state index is 13.2. The number of aromatic nitrogens is 3. The number of esters is 1. The summed E-state index contributed by atoms with van der Waals surface area (Å²) in [6.07, 6.45) is 1.58. The van der Waals surface area contributed by atoms with Gasteiger partial charge in [0, 0.05) is 18.1 Å². The second-order valence-corrected chi connectivity index (χ2v) is 7.72. The number of benzene rings is 1. The molecule has 2 heterocycles. The van der Waals surface area contributed by atoms with E-state index in [0.29, 0.717) is 16.6 Å². The Morgan fingerprint density at radius 2 is 1.96 bits per heavy atom. The lowest BCUT2D eigenvalue weighted by Crippen LogP contribution is -2.10. The fourth-order valence-electron chi connectivity index (χ4n) is 2.83. The van der Waals surface area contributed by atoms with E-state index in [9.17, 15) is 13.2 Å². The van der Waals surface area contributed by atoms with Crippen LogP contribution in [0.15, 0.2) is 34.2 Å². The normalized spacial score (nSPS) is 11.8. The van der Waals surface area contributed by atoms with Crippen molar-refractivity contribution in [3.8, 4) is 0 Å². The van der Waals surface area contributed by atoms with Crippen LogP contribution in [0.3, 0.4) is 0 Å². The van der Waals surface area contributed by atoms with Crippen LogP contribution >= 0.6 is 0 Å². The monoisotopic (exact) mass is 361 g/mol. The van der Waals surface area contributed by atoms with Crippen molar-refractivity contribution in [3.63, 3.8) is 0 Å². The van der Waals surface area contributed by atoms with Crippen LogP contribution in [0.25, 0.3) is 10.9 Å². The molecule has 0 aliphatic carbocycles. The number of hydrogen-bond donors (Lipinski definition) is 1. The number of fused-ring (bicyclic) bond motifs is 1. The van der Waals surface area contributed by atoms with Gasteiger partial charge in [-0.3, -0.25) is 5.10 Å². The average molecular weight is 361 g/mol. The molecule has 132 valence electrons. The number of ether oxygens (including phenoxy) is 1. The van der Waals surface area contributed by atoms with Crippen molar-refractivity contribution in [1.29, 1.82) is 0 Å². The minimum Gasteiger partial charge on any atom is -0.461 e. The van der Waals surface area contributed by atoms with Gasteiger partial charge >= 0.3 is 5.97 Å². The molecule has 0 radical (unpaired) electrons. The van der Waals surface area contributed by atoms with Gasteiger partial charge in [-0.1, -0.05) is 0 Å². The molecule has 0 bridgehead atoms. The summed E-state index contributed by atoms with van der Waals surface area (Å²) in [6.45, 7) is 5.33. The molecule has 0 fully saturated rings. The molecular weight excluding hydrogens is 342 g/mol. The number of H-pyrrole nitrogens is 1. The van der Waals surface area contributed by atoms with Gasteiger partial charge in [0.25, 0.3) is 0 Å². The van der Waals surface area contributed by atoms with Crippen molar-refractivity contribution in [3.05, 3.63) is 41.3 Å². The molecular formula is C17H19N3O4S. The summed E-state index contributed by atoms with van der Waals surface area (Å²) < 4.78 is 32.9. The molecule has 0 aliphatic rings. The van der Waals surface area contributed by atoms with E-state index in [1.165, 1.54) is 10.6 Å². The number of nitrogens with one attached hydrogen (secondary N) is 1. The quantitative estimate of drug-likeness (QED) is 0.721. The van der Waals surface area contributed by atoms with E-state index in [2.05, 4.69) is 10.2 Å². The lowest BCUT2D eigenvalue weighted by molar-refractivity contribution is 0.0515. The van der Waals surface area contributed by atoms with Crippen molar-refractivity contribution in [2.75, 3.05) is 6.61 Å². The summed E-state index contributed by atoms with van der Waals surface area (Å²) in [5.74, 6) is -0.545. The molecule has 25 heavy (non-hydrogen) atoms. The van der Waals surface area contributed by atoms with Gasteiger partial charge in [0.15, 0.2) is 0 Å². The first-order chi connectivity index (χ1) is 11.8. The maximum atomic E-state index is 13.2. The van der Waals surface area contributed by atoms with Crippen LogP contribution in [-0.4, -0.2) is 35.8 Å². The molecule has 0 saturated heterocycles. The Morgan fingerprint density at radius 1 is 1.24 bits per heavy atom. The standard InChI is InChI=1S/C17H19N3O4S/c1-5-24-17(21)14-8-16(11(3)20(14)4)25(22,23)15-7-12-9-18-19-13(12)6-10(15)2/h6-9H,5H2,1-4H3,(H,18,19). The second kappa shape index (κ2) is 6.03. The van der Waals surface area contributed by atoms with Gasteiger partial charge in [-0.2, -0.15) is 5.10 Å². The lowest BCUT2D eigenvalue weighted by atomic mass is 10.2. The Balaban J connectivity index is 2.18. The largest absolute Gasteiger partial charge is 0.461 e. The molecule has 0 spiro atoms. The molecule has 0 amide bonds. The minimum atomic E-state index is -3.79. The minimum absolute atomic E-state index is 0.101. The number of rotatable bonds is 4. The lowest BCUT2D eigenvalue weighted by Gasteiger charge is -2.08. The van der Waals surface area contributed by atoms with Crippen LogP contribution < -0.4 is 0 Å². The summed E-state index contributed by atoms with van der Waals surface area (Å²) in [4.78, 5) is 12.4. The zero-order valence-corrected chi connectivity index (χ0v) is 15.3. The van der Waals surface area contributed by atoms with E-state index in [1.807, 2.05) is 0 Å². The Labute approximate surface area is 145 Å². The van der Waals surface area contributed by atoms with Gasteiger partial charge in [0.05, 0.1) is 28.1 Å². The topological polar surface area (TPSA) is 94.1 Å². The van der Waals surface area contributed by atoms with Crippen LogP contribution in [0.5, 0.6) is 0 Å². The van der Waals surface area contributed by atoms with Crippen LogP contribution in [-0.2, 0) is 21.6 Å². The summed E-state index contributed by atoms with van der Waals surface area (Å²) >= 11 is 0. The number of aryl methyl sites for hydroxylation is 1. The van der Waals surface area contributed by atoms with Crippen molar-refractivity contribution < 1.29 is 17.9 Å². The number of nitrogens with zero attached hydrogens (tertiary/aromatic N) is 2. The summed E-state index contributed by atoms with van der Waals surface area (Å²) in [5, 5.41) is 7.47. The summed E-state index contributed by atoms with van der Waals surface area (Å²) in [5.41, 5.74) is 2.07. The molecule has 3 rings (SSSR count). The van der Waals surface area contributed by atoms with Crippen molar-refractivity contribution >= 4 is 26.7 Å². The predicted molar refractivity (Wildman–Crippen MR) is 92.4 cm³/mol. The second-order valence-electron chi connectivity index (χ2n) is 5.84. The van der Waals surface area contributed by atoms with E-state index in [1.54, 1.807) is 46.1 Å². The number of carbonyl (C=O) groups excluding carboxylic acids is 1. The van der Waals surface area contributed by atoms with Gasteiger partial charge in [-0.25, -0.2) is 13.2 Å². The zero-order chi connectivity index (χ0) is 18.4. The summed E-state index contributed by atoms with van der Waals surface area (Å²) in [7, 11) is -2.14. The van der Waals surface area contributed by atoms with E-state index >= 15 is 0 Å². The Bertz CT molecular complexity index is 1080. The Hall–Kier alpha value is -2.61. The molecule has 3 aromatic rings. The smallest absolute Gasteiger partial charge is 0.354 e. The number of aromatic amines is 1. The van der Waals surface area contributed by atoms with E-state index in [0.717, 1.165) is 5.52 Å². The highest BCUT2D eigenvalue weighted by atomic mass is 32.2. The number of sulfone groups is 1. The third kappa shape index (κ3) is 2.72. The van der Waals surface area contributed by atoms with Gasteiger partial charge < -0.3 is 9.30 Å². The highest BCUT2D eigenvalue weighted by molar-refractivity contribution is 7.91. The molecule has 8 heteroatoms. The van der Waals surface area contributed by atoms with Gasteiger partial charge in [0.2, 0.25) is 9.84 Å². The van der Waals surface area contributed by atoms with E-state index < -0.39 is 15.8 Å². The first-order valence-corrected chi connectivity index (χ1v) is 9.28. The molecule has 0 saturated carbocycles. The zero-order valence-electron chi connectivity index (χ0n) is 14.5. The molecule has 1 N–H and O–H groups in total. The Kier molecular flexibility index (Phi) is 4.16. The van der Waals surface area contributed by atoms with Crippen LogP contribution in [0, 0.1) is 13.8 Å². The fraction of sp³-hybridized carbons (Fsp3) is 0.294.